The third-order valence-electron chi connectivity index (χ3n) is 3.05. The molecule has 0 radical (unpaired) electrons. The van der Waals surface area contributed by atoms with E-state index in [2.05, 4.69) is 0 Å². The summed E-state index contributed by atoms with van der Waals surface area (Å²) in [6, 6.07) is 2.85. The van der Waals surface area contributed by atoms with Gasteiger partial charge in [-0.2, -0.15) is 0 Å². The number of aliphatic hydroxyl groups is 1. The SMILES string of the molecule is Cc1cc(F)cc(C)c1C(O)C1COCCO1. The second-order valence-corrected chi connectivity index (χ2v) is 4.38. The van der Waals surface area contributed by atoms with Crippen LogP contribution in [0.15, 0.2) is 12.1 Å². The Balaban J connectivity index is 2.26. The van der Waals surface area contributed by atoms with Crippen LogP contribution in [0.25, 0.3) is 0 Å². The molecule has 0 amide bonds. The van der Waals surface area contributed by atoms with Gasteiger partial charge in [0.25, 0.3) is 0 Å². The molecule has 1 aromatic carbocycles. The predicted molar refractivity (Wildman–Crippen MR) is 61.4 cm³/mol. The number of hydrogen-bond donors (Lipinski definition) is 1. The van der Waals surface area contributed by atoms with Crippen LogP contribution in [0.4, 0.5) is 4.39 Å². The zero-order valence-electron chi connectivity index (χ0n) is 10.1. The maximum atomic E-state index is 13.2. The van der Waals surface area contributed by atoms with E-state index in [-0.39, 0.29) is 11.9 Å². The molecule has 2 unspecified atom stereocenters. The van der Waals surface area contributed by atoms with Crippen LogP contribution in [0.2, 0.25) is 0 Å². The first-order valence-electron chi connectivity index (χ1n) is 5.73. The lowest BCUT2D eigenvalue weighted by atomic mass is 9.94. The summed E-state index contributed by atoms with van der Waals surface area (Å²) in [6.07, 6.45) is -1.14. The van der Waals surface area contributed by atoms with E-state index in [1.165, 1.54) is 12.1 Å². The van der Waals surface area contributed by atoms with E-state index in [0.717, 1.165) is 16.7 Å². The van der Waals surface area contributed by atoms with Gasteiger partial charge in [-0.3, -0.25) is 0 Å². The highest BCUT2D eigenvalue weighted by Gasteiger charge is 2.27. The Bertz CT molecular complexity index is 377. The van der Waals surface area contributed by atoms with Crippen molar-refractivity contribution in [2.75, 3.05) is 19.8 Å². The van der Waals surface area contributed by atoms with E-state index in [0.29, 0.717) is 19.8 Å². The van der Waals surface area contributed by atoms with Crippen molar-refractivity contribution in [3.8, 4) is 0 Å². The molecule has 1 aliphatic rings. The Labute approximate surface area is 100 Å². The second-order valence-electron chi connectivity index (χ2n) is 4.38. The molecule has 4 heteroatoms. The Hall–Kier alpha value is -0.970. The first-order valence-corrected chi connectivity index (χ1v) is 5.73. The molecule has 3 nitrogen and oxygen atoms in total. The van der Waals surface area contributed by atoms with Crippen molar-refractivity contribution in [3.63, 3.8) is 0 Å². The number of aliphatic hydroxyl groups excluding tert-OH is 1. The third-order valence-corrected chi connectivity index (χ3v) is 3.05. The Morgan fingerprint density at radius 3 is 2.47 bits per heavy atom. The molecule has 1 saturated heterocycles. The molecular formula is C13H17FO3. The highest BCUT2D eigenvalue weighted by Crippen LogP contribution is 2.28. The molecule has 1 fully saturated rings. The molecule has 17 heavy (non-hydrogen) atoms. The maximum absolute atomic E-state index is 13.2. The van der Waals surface area contributed by atoms with Crippen molar-refractivity contribution in [2.45, 2.75) is 26.1 Å². The number of aryl methyl sites for hydroxylation is 2. The largest absolute Gasteiger partial charge is 0.386 e. The van der Waals surface area contributed by atoms with Gasteiger partial charge >= 0.3 is 0 Å². The average Bonchev–Trinajstić information content (AvgIpc) is 2.28. The van der Waals surface area contributed by atoms with Crippen molar-refractivity contribution in [2.24, 2.45) is 0 Å². The van der Waals surface area contributed by atoms with E-state index in [4.69, 9.17) is 9.47 Å². The van der Waals surface area contributed by atoms with Crippen LogP contribution in [0.5, 0.6) is 0 Å². The van der Waals surface area contributed by atoms with Crippen LogP contribution in [0, 0.1) is 19.7 Å². The number of hydrogen-bond acceptors (Lipinski definition) is 3. The second kappa shape index (κ2) is 5.12. The standard InChI is InChI=1S/C13H17FO3/c1-8-5-10(14)6-9(2)12(8)13(15)11-7-16-3-4-17-11/h5-6,11,13,15H,3-4,7H2,1-2H3. The average molecular weight is 240 g/mol. The Morgan fingerprint density at radius 1 is 1.29 bits per heavy atom. The van der Waals surface area contributed by atoms with Gasteiger partial charge in [-0.1, -0.05) is 0 Å². The molecule has 1 heterocycles. The molecule has 2 rings (SSSR count). The molecule has 1 N–H and O–H groups in total. The summed E-state index contributed by atoms with van der Waals surface area (Å²) in [6.45, 7) is 5.00. The lowest BCUT2D eigenvalue weighted by molar-refractivity contribution is -0.133. The van der Waals surface area contributed by atoms with Gasteiger partial charge in [-0.05, 0) is 42.7 Å². The number of ether oxygens (including phenoxy) is 2. The summed E-state index contributed by atoms with van der Waals surface area (Å²) in [4.78, 5) is 0. The van der Waals surface area contributed by atoms with Crippen LogP contribution in [-0.4, -0.2) is 31.0 Å². The minimum Gasteiger partial charge on any atom is -0.386 e. The molecular weight excluding hydrogens is 223 g/mol. The lowest BCUT2D eigenvalue weighted by Crippen LogP contribution is -2.34. The van der Waals surface area contributed by atoms with Gasteiger partial charge in [0.15, 0.2) is 0 Å². The van der Waals surface area contributed by atoms with Gasteiger partial charge in [0.1, 0.15) is 18.0 Å². The summed E-state index contributed by atoms with van der Waals surface area (Å²) in [5, 5.41) is 10.3. The van der Waals surface area contributed by atoms with Gasteiger partial charge in [-0.15, -0.1) is 0 Å². The van der Waals surface area contributed by atoms with Gasteiger partial charge < -0.3 is 14.6 Å². The molecule has 0 saturated carbocycles. The number of halogens is 1. The summed E-state index contributed by atoms with van der Waals surface area (Å²) in [7, 11) is 0. The van der Waals surface area contributed by atoms with Crippen LogP contribution < -0.4 is 0 Å². The van der Waals surface area contributed by atoms with Gasteiger partial charge in [0.2, 0.25) is 0 Å². The van der Waals surface area contributed by atoms with Gasteiger partial charge in [0, 0.05) is 0 Å². The Kier molecular flexibility index (Phi) is 3.76. The van der Waals surface area contributed by atoms with Crippen LogP contribution >= 0.6 is 0 Å². The fourth-order valence-electron chi connectivity index (χ4n) is 2.26. The molecule has 0 aromatic heterocycles. The van der Waals surface area contributed by atoms with Crippen molar-refractivity contribution in [3.05, 3.63) is 34.6 Å². The van der Waals surface area contributed by atoms with E-state index < -0.39 is 6.10 Å². The van der Waals surface area contributed by atoms with Crippen LogP contribution in [0.3, 0.4) is 0 Å². The van der Waals surface area contributed by atoms with Crippen molar-refractivity contribution >= 4 is 0 Å². The van der Waals surface area contributed by atoms with Crippen molar-refractivity contribution in [1.29, 1.82) is 0 Å². The van der Waals surface area contributed by atoms with E-state index >= 15 is 0 Å². The van der Waals surface area contributed by atoms with Gasteiger partial charge in [-0.25, -0.2) is 4.39 Å². The lowest BCUT2D eigenvalue weighted by Gasteiger charge is -2.29. The van der Waals surface area contributed by atoms with E-state index in [1.54, 1.807) is 13.8 Å². The fraction of sp³-hybridized carbons (Fsp3) is 0.538. The molecule has 94 valence electrons. The third kappa shape index (κ3) is 2.65. The molecule has 1 aliphatic heterocycles. The first kappa shape index (κ1) is 12.5. The summed E-state index contributed by atoms with van der Waals surface area (Å²) in [5.41, 5.74) is 2.22. The minimum absolute atomic E-state index is 0.281. The molecule has 0 aliphatic carbocycles. The summed E-state index contributed by atoms with van der Waals surface area (Å²) < 4.78 is 23.9. The fourth-order valence-corrected chi connectivity index (χ4v) is 2.26. The van der Waals surface area contributed by atoms with Gasteiger partial charge in [0.05, 0.1) is 19.8 Å². The summed E-state index contributed by atoms with van der Waals surface area (Å²) >= 11 is 0. The monoisotopic (exact) mass is 240 g/mol. The topological polar surface area (TPSA) is 38.7 Å². The quantitative estimate of drug-likeness (QED) is 0.858. The smallest absolute Gasteiger partial charge is 0.123 e. The molecule has 1 aromatic rings. The first-order chi connectivity index (χ1) is 8.09. The number of benzene rings is 1. The van der Waals surface area contributed by atoms with Crippen molar-refractivity contribution in [1.82, 2.24) is 0 Å². The van der Waals surface area contributed by atoms with E-state index in [9.17, 15) is 9.50 Å². The summed E-state index contributed by atoms with van der Waals surface area (Å²) in [5.74, 6) is -0.281. The predicted octanol–water partition coefficient (Wildman–Crippen LogP) is 1.89. The maximum Gasteiger partial charge on any atom is 0.123 e. The normalized spacial score (nSPS) is 22.5. The van der Waals surface area contributed by atoms with Crippen LogP contribution in [0.1, 0.15) is 22.8 Å². The molecule has 0 bridgehead atoms. The minimum atomic E-state index is -0.768. The van der Waals surface area contributed by atoms with Crippen LogP contribution in [-0.2, 0) is 9.47 Å². The zero-order valence-corrected chi connectivity index (χ0v) is 10.1. The molecule has 2 atom stereocenters. The Morgan fingerprint density at radius 2 is 1.94 bits per heavy atom. The number of rotatable bonds is 2. The zero-order chi connectivity index (χ0) is 12.4. The highest BCUT2D eigenvalue weighted by atomic mass is 19.1. The van der Waals surface area contributed by atoms with Crippen molar-refractivity contribution < 1.29 is 19.0 Å². The molecule has 0 spiro atoms. The van der Waals surface area contributed by atoms with E-state index in [1.807, 2.05) is 0 Å². The highest BCUT2D eigenvalue weighted by molar-refractivity contribution is 5.36.